The second-order valence-corrected chi connectivity index (χ2v) is 6.11. The molecule has 1 saturated heterocycles. The average Bonchev–Trinajstić information content (AvgIpc) is 2.92. The minimum atomic E-state index is -0.187. The van der Waals surface area contributed by atoms with Crippen LogP contribution in [-0.4, -0.2) is 34.9 Å². The van der Waals surface area contributed by atoms with E-state index < -0.39 is 0 Å². The number of carbonyl (C=O) groups is 1. The van der Waals surface area contributed by atoms with Crippen molar-refractivity contribution >= 4 is 5.91 Å². The SMILES string of the molecule is O=C(Cn1nc2c(cc1=O)CCCCC2)NC[C@H]1CCCO1. The van der Waals surface area contributed by atoms with Crippen LogP contribution in [0.15, 0.2) is 10.9 Å². The van der Waals surface area contributed by atoms with Gasteiger partial charge in [-0.25, -0.2) is 4.68 Å². The monoisotopic (exact) mass is 305 g/mol. The fraction of sp³-hybridized carbons (Fsp3) is 0.688. The van der Waals surface area contributed by atoms with Crippen molar-refractivity contribution in [1.82, 2.24) is 15.1 Å². The Kier molecular flexibility index (Phi) is 4.87. The third kappa shape index (κ3) is 3.74. The maximum absolute atomic E-state index is 12.1. The van der Waals surface area contributed by atoms with Crippen LogP contribution in [0, 0.1) is 0 Å². The van der Waals surface area contributed by atoms with E-state index >= 15 is 0 Å². The lowest BCUT2D eigenvalue weighted by Crippen LogP contribution is -2.37. The van der Waals surface area contributed by atoms with Crippen LogP contribution in [0.2, 0.25) is 0 Å². The van der Waals surface area contributed by atoms with Gasteiger partial charge in [-0.1, -0.05) is 6.42 Å². The Bertz CT molecular complexity index is 591. The molecule has 0 bridgehead atoms. The van der Waals surface area contributed by atoms with Gasteiger partial charge in [0.15, 0.2) is 0 Å². The van der Waals surface area contributed by atoms with E-state index in [2.05, 4.69) is 10.4 Å². The summed E-state index contributed by atoms with van der Waals surface area (Å²) in [5.74, 6) is -0.182. The molecule has 0 saturated carbocycles. The van der Waals surface area contributed by atoms with Crippen molar-refractivity contribution < 1.29 is 9.53 Å². The molecular weight excluding hydrogens is 282 g/mol. The predicted molar refractivity (Wildman–Crippen MR) is 81.7 cm³/mol. The highest BCUT2D eigenvalue weighted by atomic mass is 16.5. The molecular formula is C16H23N3O3. The van der Waals surface area contributed by atoms with Crippen molar-refractivity contribution in [2.45, 2.75) is 57.6 Å². The lowest BCUT2D eigenvalue weighted by molar-refractivity contribution is -0.122. The Balaban J connectivity index is 1.62. The van der Waals surface area contributed by atoms with Gasteiger partial charge in [0.25, 0.3) is 5.56 Å². The standard InChI is InChI=1S/C16H23N3O3/c20-15(17-10-13-6-4-8-22-13)11-19-16(21)9-12-5-2-1-3-7-14(12)18-19/h9,13H,1-8,10-11H2,(H,17,20)/t13-/m1/s1. The molecule has 3 rings (SSSR count). The number of carbonyl (C=O) groups excluding carboxylic acids is 1. The van der Waals surface area contributed by atoms with Crippen molar-refractivity contribution in [3.05, 3.63) is 27.7 Å². The van der Waals surface area contributed by atoms with Crippen LogP contribution in [0.3, 0.4) is 0 Å². The topological polar surface area (TPSA) is 73.2 Å². The Morgan fingerprint density at radius 1 is 1.32 bits per heavy atom. The first-order valence-corrected chi connectivity index (χ1v) is 8.20. The molecule has 1 N–H and O–H groups in total. The van der Waals surface area contributed by atoms with Gasteiger partial charge >= 0.3 is 0 Å². The number of amides is 1. The van der Waals surface area contributed by atoms with Crippen LogP contribution < -0.4 is 10.9 Å². The van der Waals surface area contributed by atoms with Gasteiger partial charge in [0, 0.05) is 19.2 Å². The summed E-state index contributed by atoms with van der Waals surface area (Å²) in [6.45, 7) is 1.27. The van der Waals surface area contributed by atoms with Crippen LogP contribution in [0.25, 0.3) is 0 Å². The molecule has 120 valence electrons. The summed E-state index contributed by atoms with van der Waals surface area (Å²) in [6.07, 6.45) is 7.34. The highest BCUT2D eigenvalue weighted by Gasteiger charge is 2.17. The fourth-order valence-electron chi connectivity index (χ4n) is 3.12. The van der Waals surface area contributed by atoms with Gasteiger partial charge in [0.2, 0.25) is 5.91 Å². The largest absolute Gasteiger partial charge is 0.376 e. The number of nitrogens with one attached hydrogen (secondary N) is 1. The summed E-state index contributed by atoms with van der Waals surface area (Å²) in [5, 5.41) is 7.23. The quantitative estimate of drug-likeness (QED) is 0.835. The van der Waals surface area contributed by atoms with Gasteiger partial charge in [-0.05, 0) is 44.1 Å². The van der Waals surface area contributed by atoms with Gasteiger partial charge in [0.1, 0.15) is 6.54 Å². The van der Waals surface area contributed by atoms with Crippen LogP contribution in [-0.2, 0) is 28.9 Å². The average molecular weight is 305 g/mol. The fourth-order valence-corrected chi connectivity index (χ4v) is 3.12. The van der Waals surface area contributed by atoms with E-state index in [1.807, 2.05) is 0 Å². The number of hydrogen-bond donors (Lipinski definition) is 1. The number of nitrogens with zero attached hydrogens (tertiary/aromatic N) is 2. The summed E-state index contributed by atoms with van der Waals surface area (Å²) in [7, 11) is 0. The number of ether oxygens (including phenoxy) is 1. The number of aryl methyl sites for hydroxylation is 2. The summed E-state index contributed by atoms with van der Waals surface area (Å²) in [6, 6.07) is 1.65. The van der Waals surface area contributed by atoms with Gasteiger partial charge < -0.3 is 10.1 Å². The molecule has 0 aromatic carbocycles. The number of hydrogen-bond acceptors (Lipinski definition) is 4. The van der Waals surface area contributed by atoms with E-state index in [0.29, 0.717) is 6.54 Å². The number of aromatic nitrogens is 2. The van der Waals surface area contributed by atoms with Gasteiger partial charge in [-0.15, -0.1) is 0 Å². The first-order valence-electron chi connectivity index (χ1n) is 8.20. The summed E-state index contributed by atoms with van der Waals surface area (Å²) < 4.78 is 6.75. The van der Waals surface area contributed by atoms with Gasteiger partial charge in [0.05, 0.1) is 11.8 Å². The maximum atomic E-state index is 12.1. The Labute approximate surface area is 129 Å². The zero-order chi connectivity index (χ0) is 15.4. The van der Waals surface area contributed by atoms with Gasteiger partial charge in [-0.3, -0.25) is 9.59 Å². The Hall–Kier alpha value is -1.69. The molecule has 1 aromatic rings. The smallest absolute Gasteiger partial charge is 0.267 e. The normalized spacial score (nSPS) is 21.2. The van der Waals surface area contributed by atoms with Crippen LogP contribution in [0.5, 0.6) is 0 Å². The lowest BCUT2D eigenvalue weighted by Gasteiger charge is -2.12. The minimum Gasteiger partial charge on any atom is -0.376 e. The van der Waals surface area contributed by atoms with Crippen molar-refractivity contribution in [1.29, 1.82) is 0 Å². The molecule has 1 aromatic heterocycles. The van der Waals surface area contributed by atoms with E-state index in [4.69, 9.17) is 4.74 Å². The lowest BCUT2D eigenvalue weighted by atomic mass is 10.1. The van der Waals surface area contributed by atoms with Crippen molar-refractivity contribution in [2.75, 3.05) is 13.2 Å². The molecule has 0 unspecified atom stereocenters. The molecule has 1 aliphatic heterocycles. The van der Waals surface area contributed by atoms with E-state index in [-0.39, 0.29) is 24.1 Å². The second kappa shape index (κ2) is 7.05. The molecule has 1 fully saturated rings. The first kappa shape index (κ1) is 15.2. The minimum absolute atomic E-state index is 0.0150. The summed E-state index contributed by atoms with van der Waals surface area (Å²) in [5.41, 5.74) is 1.84. The molecule has 1 amide bonds. The molecule has 2 heterocycles. The van der Waals surface area contributed by atoms with Crippen LogP contribution in [0.4, 0.5) is 0 Å². The Morgan fingerprint density at radius 3 is 3.00 bits per heavy atom. The zero-order valence-corrected chi connectivity index (χ0v) is 12.8. The summed E-state index contributed by atoms with van der Waals surface area (Å²) >= 11 is 0. The van der Waals surface area contributed by atoms with Crippen LogP contribution >= 0.6 is 0 Å². The second-order valence-electron chi connectivity index (χ2n) is 6.11. The predicted octanol–water partition coefficient (Wildman–Crippen LogP) is 0.807. The Morgan fingerprint density at radius 2 is 2.18 bits per heavy atom. The van der Waals surface area contributed by atoms with Crippen molar-refractivity contribution in [2.24, 2.45) is 0 Å². The van der Waals surface area contributed by atoms with Crippen molar-refractivity contribution in [3.63, 3.8) is 0 Å². The number of fused-ring (bicyclic) bond motifs is 1. The van der Waals surface area contributed by atoms with Crippen molar-refractivity contribution in [3.8, 4) is 0 Å². The van der Waals surface area contributed by atoms with E-state index in [1.54, 1.807) is 6.07 Å². The third-order valence-electron chi connectivity index (χ3n) is 4.37. The molecule has 6 heteroatoms. The van der Waals surface area contributed by atoms with Crippen LogP contribution in [0.1, 0.15) is 43.4 Å². The molecule has 0 spiro atoms. The first-order chi connectivity index (χ1) is 10.7. The summed E-state index contributed by atoms with van der Waals surface area (Å²) in [4.78, 5) is 24.1. The maximum Gasteiger partial charge on any atom is 0.267 e. The third-order valence-corrected chi connectivity index (χ3v) is 4.37. The molecule has 6 nitrogen and oxygen atoms in total. The van der Waals surface area contributed by atoms with E-state index in [0.717, 1.165) is 56.4 Å². The molecule has 22 heavy (non-hydrogen) atoms. The molecule has 1 aliphatic carbocycles. The molecule has 0 radical (unpaired) electrons. The highest BCUT2D eigenvalue weighted by Crippen LogP contribution is 2.16. The molecule has 1 atom stereocenters. The van der Waals surface area contributed by atoms with E-state index in [1.165, 1.54) is 11.1 Å². The molecule has 2 aliphatic rings. The van der Waals surface area contributed by atoms with E-state index in [9.17, 15) is 9.59 Å². The number of rotatable bonds is 4. The zero-order valence-electron chi connectivity index (χ0n) is 12.8. The van der Waals surface area contributed by atoms with Gasteiger partial charge in [-0.2, -0.15) is 5.10 Å². The highest BCUT2D eigenvalue weighted by molar-refractivity contribution is 5.75.